The minimum absolute atomic E-state index is 0.0786. The van der Waals surface area contributed by atoms with E-state index in [1.54, 1.807) is 0 Å². The van der Waals surface area contributed by atoms with Crippen LogP contribution in [0.4, 0.5) is 0 Å². The van der Waals surface area contributed by atoms with Gasteiger partial charge in [-0.2, -0.15) is 0 Å². The number of rotatable bonds is 5. The zero-order chi connectivity index (χ0) is 15.5. The lowest BCUT2D eigenvalue weighted by atomic mass is 10.1. The molecule has 0 bridgehead atoms. The lowest BCUT2D eigenvalue weighted by Crippen LogP contribution is -2.34. The van der Waals surface area contributed by atoms with Crippen LogP contribution in [0.2, 0.25) is 0 Å². The maximum absolute atomic E-state index is 11.3. The van der Waals surface area contributed by atoms with Crippen LogP contribution >= 0.6 is 0 Å². The second kappa shape index (κ2) is 6.31. The van der Waals surface area contributed by atoms with Gasteiger partial charge in [0.2, 0.25) is 0 Å². The zero-order valence-corrected chi connectivity index (χ0v) is 13.3. The van der Waals surface area contributed by atoms with E-state index < -0.39 is 0 Å². The quantitative estimate of drug-likeness (QED) is 0.860. The molecule has 1 heterocycles. The van der Waals surface area contributed by atoms with Crippen LogP contribution in [0, 0.1) is 0 Å². The Hall–Kier alpha value is -1.81. The Bertz CT molecular complexity index is 623. The Kier molecular flexibility index (Phi) is 4.68. The SMILES string of the molecule is COC(=O)CCn1cc(CNC(C)(C)C)c2ccccc21. The number of esters is 1. The van der Waals surface area contributed by atoms with Gasteiger partial charge in [-0.05, 0) is 32.4 Å². The third-order valence-corrected chi connectivity index (χ3v) is 3.46. The van der Waals surface area contributed by atoms with Crippen LogP contribution in [0.25, 0.3) is 10.9 Å². The maximum Gasteiger partial charge on any atom is 0.307 e. The molecule has 1 aromatic heterocycles. The summed E-state index contributed by atoms with van der Waals surface area (Å²) in [4.78, 5) is 11.3. The van der Waals surface area contributed by atoms with Crippen LogP contribution < -0.4 is 5.32 Å². The summed E-state index contributed by atoms with van der Waals surface area (Å²) in [5.74, 6) is -0.179. The summed E-state index contributed by atoms with van der Waals surface area (Å²) in [7, 11) is 1.43. The first-order valence-corrected chi connectivity index (χ1v) is 7.29. The van der Waals surface area contributed by atoms with E-state index in [1.807, 2.05) is 12.1 Å². The highest BCUT2D eigenvalue weighted by Gasteiger charge is 2.13. The van der Waals surface area contributed by atoms with Crippen molar-refractivity contribution in [2.75, 3.05) is 7.11 Å². The Labute approximate surface area is 126 Å². The average Bonchev–Trinajstić information content (AvgIpc) is 2.80. The Balaban J connectivity index is 2.24. The van der Waals surface area contributed by atoms with Gasteiger partial charge in [0.25, 0.3) is 0 Å². The fourth-order valence-corrected chi connectivity index (χ4v) is 2.32. The molecule has 4 heteroatoms. The number of carbonyl (C=O) groups is 1. The summed E-state index contributed by atoms with van der Waals surface area (Å²) < 4.78 is 6.85. The third kappa shape index (κ3) is 4.08. The number of para-hydroxylation sites is 1. The number of fused-ring (bicyclic) bond motifs is 1. The molecular formula is C17H24N2O2. The van der Waals surface area contributed by atoms with Crippen LogP contribution in [0.3, 0.4) is 0 Å². The molecule has 4 nitrogen and oxygen atoms in total. The van der Waals surface area contributed by atoms with Gasteiger partial charge in [-0.3, -0.25) is 4.79 Å². The molecule has 1 aromatic carbocycles. The molecule has 0 aliphatic rings. The van der Waals surface area contributed by atoms with Crippen molar-refractivity contribution >= 4 is 16.9 Å². The lowest BCUT2D eigenvalue weighted by Gasteiger charge is -2.20. The van der Waals surface area contributed by atoms with Crippen molar-refractivity contribution in [2.24, 2.45) is 0 Å². The van der Waals surface area contributed by atoms with Crippen LogP contribution in [-0.4, -0.2) is 23.2 Å². The first-order chi connectivity index (χ1) is 9.90. The number of hydrogen-bond acceptors (Lipinski definition) is 3. The van der Waals surface area contributed by atoms with Crippen molar-refractivity contribution < 1.29 is 9.53 Å². The Morgan fingerprint density at radius 2 is 2.00 bits per heavy atom. The molecule has 1 N–H and O–H groups in total. The number of benzene rings is 1. The van der Waals surface area contributed by atoms with Crippen LogP contribution in [0.1, 0.15) is 32.8 Å². The molecule has 0 saturated heterocycles. The number of aryl methyl sites for hydroxylation is 1. The normalized spacial score (nSPS) is 11.8. The van der Waals surface area contributed by atoms with Crippen molar-refractivity contribution in [3.05, 3.63) is 36.0 Å². The maximum atomic E-state index is 11.3. The van der Waals surface area contributed by atoms with E-state index in [4.69, 9.17) is 4.74 Å². The number of ether oxygens (including phenoxy) is 1. The second-order valence-electron chi connectivity index (χ2n) is 6.29. The lowest BCUT2D eigenvalue weighted by molar-refractivity contribution is -0.140. The number of methoxy groups -OCH3 is 1. The molecule has 0 atom stereocenters. The predicted molar refractivity (Wildman–Crippen MR) is 85.2 cm³/mol. The summed E-state index contributed by atoms with van der Waals surface area (Å²) in [6.45, 7) is 7.92. The van der Waals surface area contributed by atoms with Crippen molar-refractivity contribution in [1.29, 1.82) is 0 Å². The van der Waals surface area contributed by atoms with Gasteiger partial charge in [0.05, 0.1) is 13.5 Å². The molecule has 0 aliphatic carbocycles. The molecule has 0 radical (unpaired) electrons. The van der Waals surface area contributed by atoms with E-state index in [-0.39, 0.29) is 11.5 Å². The average molecular weight is 288 g/mol. The van der Waals surface area contributed by atoms with Gasteiger partial charge in [0, 0.05) is 35.7 Å². The van der Waals surface area contributed by atoms with Crippen molar-refractivity contribution in [3.63, 3.8) is 0 Å². The van der Waals surface area contributed by atoms with Gasteiger partial charge in [0.1, 0.15) is 0 Å². The topological polar surface area (TPSA) is 43.3 Å². The highest BCUT2D eigenvalue weighted by molar-refractivity contribution is 5.84. The minimum Gasteiger partial charge on any atom is -0.469 e. The second-order valence-corrected chi connectivity index (χ2v) is 6.29. The van der Waals surface area contributed by atoms with E-state index in [9.17, 15) is 4.79 Å². The number of nitrogens with one attached hydrogen (secondary N) is 1. The van der Waals surface area contributed by atoms with E-state index in [1.165, 1.54) is 18.1 Å². The minimum atomic E-state index is -0.179. The smallest absolute Gasteiger partial charge is 0.307 e. The van der Waals surface area contributed by atoms with Gasteiger partial charge in [-0.1, -0.05) is 18.2 Å². The first-order valence-electron chi connectivity index (χ1n) is 7.29. The fraction of sp³-hybridized carbons (Fsp3) is 0.471. The fourth-order valence-electron chi connectivity index (χ4n) is 2.32. The van der Waals surface area contributed by atoms with E-state index >= 15 is 0 Å². The molecule has 114 valence electrons. The summed E-state index contributed by atoms with van der Waals surface area (Å²) in [6, 6.07) is 8.29. The third-order valence-electron chi connectivity index (χ3n) is 3.46. The summed E-state index contributed by atoms with van der Waals surface area (Å²) in [5, 5.41) is 4.75. The summed E-state index contributed by atoms with van der Waals surface area (Å²) in [6.07, 6.45) is 2.52. The molecule has 21 heavy (non-hydrogen) atoms. The van der Waals surface area contributed by atoms with E-state index in [0.29, 0.717) is 13.0 Å². The first kappa shape index (κ1) is 15.6. The van der Waals surface area contributed by atoms with E-state index in [0.717, 1.165) is 12.1 Å². The molecule has 2 aromatic rings. The molecule has 0 aliphatic heterocycles. The molecular weight excluding hydrogens is 264 g/mol. The Morgan fingerprint density at radius 3 is 2.67 bits per heavy atom. The van der Waals surface area contributed by atoms with Crippen molar-refractivity contribution in [3.8, 4) is 0 Å². The molecule has 0 fully saturated rings. The molecule has 0 spiro atoms. The van der Waals surface area contributed by atoms with Gasteiger partial charge in [0.15, 0.2) is 0 Å². The van der Waals surface area contributed by atoms with Gasteiger partial charge in [-0.15, -0.1) is 0 Å². The number of carbonyl (C=O) groups excluding carboxylic acids is 1. The predicted octanol–water partition coefficient (Wildman–Crippen LogP) is 3.09. The zero-order valence-electron chi connectivity index (χ0n) is 13.3. The van der Waals surface area contributed by atoms with Gasteiger partial charge >= 0.3 is 5.97 Å². The molecule has 0 saturated carbocycles. The van der Waals surface area contributed by atoms with Crippen LogP contribution in [0.5, 0.6) is 0 Å². The number of aromatic nitrogens is 1. The highest BCUT2D eigenvalue weighted by Crippen LogP contribution is 2.22. The number of nitrogens with zero attached hydrogens (tertiary/aromatic N) is 1. The van der Waals surface area contributed by atoms with Crippen LogP contribution in [0.15, 0.2) is 30.5 Å². The molecule has 0 amide bonds. The van der Waals surface area contributed by atoms with E-state index in [2.05, 4.69) is 49.0 Å². The summed E-state index contributed by atoms with van der Waals surface area (Å²) in [5.41, 5.74) is 2.49. The molecule has 2 rings (SSSR count). The number of hydrogen-bond donors (Lipinski definition) is 1. The molecule has 0 unspecified atom stereocenters. The standard InChI is InChI=1S/C17H24N2O2/c1-17(2,3)18-11-13-12-19(10-9-16(20)21-4)15-8-6-5-7-14(13)15/h5-8,12,18H,9-11H2,1-4H3. The van der Waals surface area contributed by atoms with Gasteiger partial charge < -0.3 is 14.6 Å². The van der Waals surface area contributed by atoms with Crippen molar-refractivity contribution in [2.45, 2.75) is 45.8 Å². The van der Waals surface area contributed by atoms with Crippen LogP contribution in [-0.2, 0) is 22.6 Å². The van der Waals surface area contributed by atoms with Gasteiger partial charge in [-0.25, -0.2) is 0 Å². The summed E-state index contributed by atoms with van der Waals surface area (Å²) >= 11 is 0. The largest absolute Gasteiger partial charge is 0.469 e. The highest BCUT2D eigenvalue weighted by atomic mass is 16.5. The van der Waals surface area contributed by atoms with Crippen molar-refractivity contribution in [1.82, 2.24) is 9.88 Å². The Morgan fingerprint density at radius 1 is 1.29 bits per heavy atom. The monoisotopic (exact) mass is 288 g/mol.